The summed E-state index contributed by atoms with van der Waals surface area (Å²) in [6.07, 6.45) is 11.6. The Morgan fingerprint density at radius 3 is 2.93 bits per heavy atom. The molecule has 1 aromatic carbocycles. The molecular formula is C24H28N2O4. The van der Waals surface area contributed by atoms with Crippen LogP contribution >= 0.6 is 0 Å². The van der Waals surface area contributed by atoms with Gasteiger partial charge in [0.2, 0.25) is 0 Å². The zero-order valence-electron chi connectivity index (χ0n) is 17.8. The molecule has 6 heteroatoms. The van der Waals surface area contributed by atoms with Gasteiger partial charge in [-0.25, -0.2) is 4.98 Å². The van der Waals surface area contributed by atoms with Gasteiger partial charge in [0, 0.05) is 31.0 Å². The number of carbonyl (C=O) groups is 1. The topological polar surface area (TPSA) is 66.5 Å². The second-order valence-corrected chi connectivity index (χ2v) is 6.89. The Morgan fingerprint density at radius 1 is 1.27 bits per heavy atom. The smallest absolute Gasteiger partial charge is 0.307 e. The molecule has 0 N–H and O–H groups in total. The van der Waals surface area contributed by atoms with Gasteiger partial charge in [0.15, 0.2) is 5.89 Å². The Morgan fingerprint density at radius 2 is 2.13 bits per heavy atom. The molecule has 3 rings (SSSR count). The van der Waals surface area contributed by atoms with Crippen LogP contribution in [0, 0.1) is 6.92 Å². The normalized spacial score (nSPS) is 11.7. The third-order valence-corrected chi connectivity index (χ3v) is 4.82. The fourth-order valence-corrected chi connectivity index (χ4v) is 3.25. The molecule has 0 aliphatic rings. The first-order chi connectivity index (χ1) is 14.6. The number of aryl methyl sites for hydroxylation is 2. The molecule has 0 saturated carbocycles. The summed E-state index contributed by atoms with van der Waals surface area (Å²) in [6.45, 7) is 5.00. The fourth-order valence-electron chi connectivity index (χ4n) is 3.25. The molecule has 0 aliphatic heterocycles. The predicted octanol–water partition coefficient (Wildman–Crippen LogP) is 4.80. The predicted molar refractivity (Wildman–Crippen MR) is 117 cm³/mol. The summed E-state index contributed by atoms with van der Waals surface area (Å²) in [5.41, 5.74) is 1.96. The molecule has 0 saturated heterocycles. The monoisotopic (exact) mass is 408 g/mol. The number of methoxy groups -OCH3 is 1. The number of oxazole rings is 1. The van der Waals surface area contributed by atoms with Crippen molar-refractivity contribution in [3.05, 3.63) is 72.1 Å². The van der Waals surface area contributed by atoms with Crippen molar-refractivity contribution in [1.29, 1.82) is 0 Å². The lowest BCUT2D eigenvalue weighted by Crippen LogP contribution is -2.06. The second-order valence-electron chi connectivity index (χ2n) is 6.89. The van der Waals surface area contributed by atoms with Crippen LogP contribution in [-0.4, -0.2) is 29.2 Å². The fraction of sp³-hybridized carbons (Fsp3) is 0.333. The van der Waals surface area contributed by atoms with Gasteiger partial charge in [0.05, 0.1) is 31.3 Å². The number of esters is 1. The van der Waals surface area contributed by atoms with Crippen LogP contribution in [0.1, 0.15) is 30.7 Å². The molecule has 2 heterocycles. The van der Waals surface area contributed by atoms with E-state index >= 15 is 0 Å². The van der Waals surface area contributed by atoms with Gasteiger partial charge in [0.25, 0.3) is 0 Å². The van der Waals surface area contributed by atoms with Crippen molar-refractivity contribution in [3.63, 3.8) is 0 Å². The highest BCUT2D eigenvalue weighted by atomic mass is 16.5. The first-order valence-electron chi connectivity index (χ1n) is 10.1. The van der Waals surface area contributed by atoms with Crippen molar-refractivity contribution < 1.29 is 18.7 Å². The zero-order valence-corrected chi connectivity index (χ0v) is 17.8. The highest BCUT2D eigenvalue weighted by Gasteiger charge is 2.11. The number of benzene rings is 1. The van der Waals surface area contributed by atoms with E-state index in [2.05, 4.69) is 4.98 Å². The van der Waals surface area contributed by atoms with Crippen molar-refractivity contribution in [2.45, 2.75) is 39.7 Å². The highest BCUT2D eigenvalue weighted by Crippen LogP contribution is 2.27. The lowest BCUT2D eigenvalue weighted by atomic mass is 10.2. The van der Waals surface area contributed by atoms with Crippen molar-refractivity contribution >= 4 is 16.9 Å². The quantitative estimate of drug-likeness (QED) is 0.356. The molecular weight excluding hydrogens is 380 g/mol. The number of carbonyl (C=O) groups excluding carboxylic acids is 1. The van der Waals surface area contributed by atoms with Crippen LogP contribution in [-0.2, 0) is 28.9 Å². The van der Waals surface area contributed by atoms with Crippen LogP contribution < -0.4 is 4.74 Å². The highest BCUT2D eigenvalue weighted by molar-refractivity contribution is 5.86. The van der Waals surface area contributed by atoms with Gasteiger partial charge in [-0.3, -0.25) is 4.79 Å². The van der Waals surface area contributed by atoms with Gasteiger partial charge in [0.1, 0.15) is 11.5 Å². The molecule has 2 aromatic heterocycles. The first-order valence-corrected chi connectivity index (χ1v) is 10.1. The molecule has 3 aromatic rings. The van der Waals surface area contributed by atoms with Crippen LogP contribution in [0.3, 0.4) is 0 Å². The Labute approximate surface area is 176 Å². The van der Waals surface area contributed by atoms with E-state index in [1.807, 2.05) is 73.2 Å². The average Bonchev–Trinajstić information content (AvgIpc) is 3.33. The molecule has 0 amide bonds. The Kier molecular flexibility index (Phi) is 7.49. The summed E-state index contributed by atoms with van der Waals surface area (Å²) in [4.78, 5) is 16.0. The molecule has 0 fully saturated rings. The summed E-state index contributed by atoms with van der Waals surface area (Å²) in [7, 11) is 1.40. The number of allylic oxidation sites excluding steroid dienone is 4. The lowest BCUT2D eigenvalue weighted by molar-refractivity contribution is -0.140. The number of nitrogens with zero attached hydrogens (tertiary/aromatic N) is 2. The van der Waals surface area contributed by atoms with E-state index in [0.717, 1.165) is 28.1 Å². The summed E-state index contributed by atoms with van der Waals surface area (Å²) in [5, 5.41) is 1.02. The standard InChI is InChI=1S/C24H28N2O4/c1-4-5-6-7-11-23-25-20(18(2)30-23)14-17-29-22-10-8-9-21-19(22)12-15-26(21)16-13-24(27)28-3/h4-10,12,15H,11,13-14,16-17H2,1-3H3/b5-4-,7-6-. The number of ether oxygens (including phenoxy) is 2. The van der Waals surface area contributed by atoms with Gasteiger partial charge in [-0.2, -0.15) is 0 Å². The second kappa shape index (κ2) is 10.5. The van der Waals surface area contributed by atoms with E-state index in [-0.39, 0.29) is 5.97 Å². The molecule has 6 nitrogen and oxygen atoms in total. The molecule has 0 unspecified atom stereocenters. The number of hydrogen-bond acceptors (Lipinski definition) is 5. The maximum atomic E-state index is 11.4. The van der Waals surface area contributed by atoms with Crippen molar-refractivity contribution in [2.75, 3.05) is 13.7 Å². The van der Waals surface area contributed by atoms with E-state index in [9.17, 15) is 4.79 Å². The SMILES string of the molecule is C/C=C\C=C/Cc1nc(CCOc2cccc3c2ccn3CCC(=O)OC)c(C)o1. The molecule has 0 atom stereocenters. The van der Waals surface area contributed by atoms with Crippen LogP contribution in [0.4, 0.5) is 0 Å². The third-order valence-electron chi connectivity index (χ3n) is 4.82. The summed E-state index contributed by atoms with van der Waals surface area (Å²) in [6, 6.07) is 7.95. The minimum atomic E-state index is -0.219. The number of rotatable bonds is 10. The average molecular weight is 408 g/mol. The van der Waals surface area contributed by atoms with E-state index in [0.29, 0.717) is 38.3 Å². The largest absolute Gasteiger partial charge is 0.492 e. The van der Waals surface area contributed by atoms with Crippen molar-refractivity contribution in [3.8, 4) is 5.75 Å². The van der Waals surface area contributed by atoms with Crippen LogP contribution in [0.2, 0.25) is 0 Å². The van der Waals surface area contributed by atoms with Gasteiger partial charge in [-0.15, -0.1) is 0 Å². The zero-order chi connectivity index (χ0) is 21.3. The minimum Gasteiger partial charge on any atom is -0.492 e. The molecule has 30 heavy (non-hydrogen) atoms. The third kappa shape index (κ3) is 5.41. The Balaban J connectivity index is 1.60. The molecule has 0 aliphatic carbocycles. The first kappa shape index (κ1) is 21.4. The van der Waals surface area contributed by atoms with Crippen LogP contribution in [0.5, 0.6) is 5.75 Å². The van der Waals surface area contributed by atoms with Gasteiger partial charge < -0.3 is 18.5 Å². The maximum Gasteiger partial charge on any atom is 0.307 e. The maximum absolute atomic E-state index is 11.4. The van der Waals surface area contributed by atoms with Crippen LogP contribution in [0.15, 0.2) is 59.2 Å². The molecule has 0 bridgehead atoms. The van der Waals surface area contributed by atoms with Gasteiger partial charge in [-0.1, -0.05) is 30.4 Å². The number of aromatic nitrogens is 2. The van der Waals surface area contributed by atoms with Gasteiger partial charge >= 0.3 is 5.97 Å². The Bertz CT molecular complexity index is 1040. The molecule has 158 valence electrons. The minimum absolute atomic E-state index is 0.219. The van der Waals surface area contributed by atoms with E-state index in [4.69, 9.17) is 13.9 Å². The molecule has 0 radical (unpaired) electrons. The van der Waals surface area contributed by atoms with Gasteiger partial charge in [-0.05, 0) is 32.0 Å². The van der Waals surface area contributed by atoms with E-state index in [1.54, 1.807) is 0 Å². The summed E-state index contributed by atoms with van der Waals surface area (Å²) >= 11 is 0. The summed E-state index contributed by atoms with van der Waals surface area (Å²) in [5.74, 6) is 2.15. The van der Waals surface area contributed by atoms with E-state index < -0.39 is 0 Å². The van der Waals surface area contributed by atoms with E-state index in [1.165, 1.54) is 7.11 Å². The van der Waals surface area contributed by atoms with Crippen LogP contribution in [0.25, 0.3) is 10.9 Å². The summed E-state index contributed by atoms with van der Waals surface area (Å²) < 4.78 is 18.6. The number of hydrogen-bond donors (Lipinski definition) is 0. The van der Waals surface area contributed by atoms with Crippen molar-refractivity contribution in [1.82, 2.24) is 9.55 Å². The lowest BCUT2D eigenvalue weighted by Gasteiger charge is -2.08. The number of fused-ring (bicyclic) bond motifs is 1. The Hall–Kier alpha value is -3.28. The molecule has 0 spiro atoms. The van der Waals surface area contributed by atoms with Crippen molar-refractivity contribution in [2.24, 2.45) is 0 Å².